The van der Waals surface area contributed by atoms with Gasteiger partial charge in [-0.25, -0.2) is 0 Å². The fraction of sp³-hybridized carbons (Fsp3) is 0.857. The summed E-state index contributed by atoms with van der Waals surface area (Å²) in [5.41, 5.74) is 0. The van der Waals surface area contributed by atoms with E-state index in [1.165, 1.54) is 0 Å². The van der Waals surface area contributed by atoms with Crippen LogP contribution in [-0.4, -0.2) is 54.1 Å². The molecule has 0 radical (unpaired) electrons. The van der Waals surface area contributed by atoms with Crippen LogP contribution in [0.2, 0.25) is 0 Å². The molecule has 0 fully saturated rings. The first-order valence-corrected chi connectivity index (χ1v) is 3.57. The molecular weight excluding hydrogens is 162 g/mol. The SMILES string of the molecule is C[N+](C)(C)CC(O)(O)CC(=O)[O-]. The molecule has 0 aliphatic carbocycles. The lowest BCUT2D eigenvalue weighted by Gasteiger charge is -2.31. The molecule has 72 valence electrons. The Balaban J connectivity index is 4.13. The van der Waals surface area contributed by atoms with Gasteiger partial charge < -0.3 is 24.6 Å². The summed E-state index contributed by atoms with van der Waals surface area (Å²) in [5.74, 6) is -3.65. The number of nitrogens with zero attached hydrogens (tertiary/aromatic N) is 1. The van der Waals surface area contributed by atoms with Gasteiger partial charge in [0.25, 0.3) is 0 Å². The molecule has 0 aromatic carbocycles. The average molecular weight is 177 g/mol. The second-order valence-electron chi connectivity index (χ2n) is 3.98. The predicted molar refractivity (Wildman–Crippen MR) is 39.7 cm³/mol. The van der Waals surface area contributed by atoms with E-state index in [9.17, 15) is 9.90 Å². The van der Waals surface area contributed by atoms with Gasteiger partial charge in [0.2, 0.25) is 5.79 Å². The first-order valence-electron chi connectivity index (χ1n) is 3.57. The Bertz CT molecular complexity index is 171. The van der Waals surface area contributed by atoms with E-state index in [0.29, 0.717) is 0 Å². The number of rotatable bonds is 4. The third kappa shape index (κ3) is 6.09. The summed E-state index contributed by atoms with van der Waals surface area (Å²) < 4.78 is 0.278. The lowest BCUT2D eigenvalue weighted by atomic mass is 10.2. The van der Waals surface area contributed by atoms with Gasteiger partial charge >= 0.3 is 0 Å². The zero-order valence-electron chi connectivity index (χ0n) is 7.57. The second kappa shape index (κ2) is 3.38. The summed E-state index contributed by atoms with van der Waals surface area (Å²) in [5, 5.41) is 28.3. The highest BCUT2D eigenvalue weighted by molar-refractivity contribution is 5.65. The standard InChI is InChI=1S/C7H15NO4/c1-8(2,3)5-7(11,12)4-6(9)10/h11-12H,4-5H2,1-3H3. The Morgan fingerprint density at radius 1 is 1.42 bits per heavy atom. The number of carbonyl (C=O) groups excluding carboxylic acids is 1. The summed E-state index contributed by atoms with van der Waals surface area (Å²) in [6.07, 6.45) is -0.761. The first kappa shape index (κ1) is 11.4. The minimum Gasteiger partial charge on any atom is -0.550 e. The third-order valence-electron chi connectivity index (χ3n) is 1.16. The minimum absolute atomic E-state index is 0.0546. The lowest BCUT2D eigenvalue weighted by molar-refractivity contribution is -0.880. The minimum atomic E-state index is -2.18. The van der Waals surface area contributed by atoms with Gasteiger partial charge in [-0.1, -0.05) is 0 Å². The predicted octanol–water partition coefficient (Wildman–Crippen LogP) is -2.49. The van der Waals surface area contributed by atoms with Gasteiger partial charge in [-0.3, -0.25) is 0 Å². The molecule has 0 unspecified atom stereocenters. The Labute approximate surface area is 71.4 Å². The van der Waals surface area contributed by atoms with Crippen molar-refractivity contribution < 1.29 is 24.6 Å². The molecule has 0 aromatic rings. The van der Waals surface area contributed by atoms with Crippen molar-refractivity contribution >= 4 is 5.97 Å². The molecule has 5 nitrogen and oxygen atoms in total. The Hall–Kier alpha value is -0.650. The molecule has 0 aliphatic heterocycles. The number of carboxylic acid groups (broad SMARTS) is 1. The van der Waals surface area contributed by atoms with Gasteiger partial charge in [0.1, 0.15) is 6.54 Å². The second-order valence-corrected chi connectivity index (χ2v) is 3.98. The smallest absolute Gasteiger partial charge is 0.219 e. The van der Waals surface area contributed by atoms with Crippen LogP contribution in [0.1, 0.15) is 6.42 Å². The van der Waals surface area contributed by atoms with Crippen LogP contribution in [0.5, 0.6) is 0 Å². The van der Waals surface area contributed by atoms with E-state index in [1.807, 2.05) is 0 Å². The van der Waals surface area contributed by atoms with Crippen molar-refractivity contribution in [3.63, 3.8) is 0 Å². The lowest BCUT2D eigenvalue weighted by Crippen LogP contribution is -2.51. The third-order valence-corrected chi connectivity index (χ3v) is 1.16. The van der Waals surface area contributed by atoms with Crippen molar-refractivity contribution in [3.05, 3.63) is 0 Å². The normalized spacial score (nSPS) is 13.1. The molecule has 0 saturated heterocycles. The molecule has 12 heavy (non-hydrogen) atoms. The molecule has 0 rings (SSSR count). The van der Waals surface area contributed by atoms with Crippen molar-refractivity contribution in [1.29, 1.82) is 0 Å². The average Bonchev–Trinajstić information content (AvgIpc) is 1.48. The molecule has 0 spiro atoms. The molecule has 0 aliphatic rings. The maximum Gasteiger partial charge on any atom is 0.219 e. The molecule has 0 aromatic heterocycles. The van der Waals surface area contributed by atoms with Crippen LogP contribution in [-0.2, 0) is 4.79 Å². The van der Waals surface area contributed by atoms with E-state index in [2.05, 4.69) is 0 Å². The molecule has 5 heteroatoms. The van der Waals surface area contributed by atoms with E-state index in [-0.39, 0.29) is 11.0 Å². The van der Waals surface area contributed by atoms with Gasteiger partial charge in [0.05, 0.1) is 21.1 Å². The highest BCUT2D eigenvalue weighted by Crippen LogP contribution is 2.09. The van der Waals surface area contributed by atoms with Crippen molar-refractivity contribution in [3.8, 4) is 0 Å². The summed E-state index contributed by atoms with van der Waals surface area (Å²) in [6.45, 7) is -0.0546. The summed E-state index contributed by atoms with van der Waals surface area (Å²) in [6, 6.07) is 0. The van der Waals surface area contributed by atoms with E-state index in [4.69, 9.17) is 10.2 Å². The van der Waals surface area contributed by atoms with Crippen molar-refractivity contribution in [1.82, 2.24) is 0 Å². The number of quaternary nitrogens is 1. The van der Waals surface area contributed by atoms with Gasteiger partial charge in [-0.15, -0.1) is 0 Å². The quantitative estimate of drug-likeness (QED) is 0.368. The first-order chi connectivity index (χ1) is 5.12. The van der Waals surface area contributed by atoms with Gasteiger partial charge in [0, 0.05) is 12.4 Å². The highest BCUT2D eigenvalue weighted by Gasteiger charge is 2.30. The Morgan fingerprint density at radius 2 is 1.83 bits per heavy atom. The monoisotopic (exact) mass is 177 g/mol. The Kier molecular flexibility index (Phi) is 3.20. The van der Waals surface area contributed by atoms with E-state index in [1.54, 1.807) is 21.1 Å². The summed E-state index contributed by atoms with van der Waals surface area (Å²) in [4.78, 5) is 10.1. The van der Waals surface area contributed by atoms with Crippen molar-refractivity contribution in [2.75, 3.05) is 27.7 Å². The molecule has 0 heterocycles. The summed E-state index contributed by atoms with van der Waals surface area (Å²) >= 11 is 0. The number of hydrogen-bond donors (Lipinski definition) is 2. The van der Waals surface area contributed by atoms with E-state index in [0.717, 1.165) is 0 Å². The van der Waals surface area contributed by atoms with Gasteiger partial charge in [-0.05, 0) is 0 Å². The number of carboxylic acids is 1. The van der Waals surface area contributed by atoms with Crippen LogP contribution in [0.15, 0.2) is 0 Å². The number of carbonyl (C=O) groups is 1. The number of aliphatic carboxylic acids is 1. The fourth-order valence-corrected chi connectivity index (χ4v) is 1.05. The van der Waals surface area contributed by atoms with Gasteiger partial charge in [-0.2, -0.15) is 0 Å². The number of hydrogen-bond acceptors (Lipinski definition) is 4. The number of aliphatic hydroxyl groups is 2. The molecule has 0 bridgehead atoms. The van der Waals surface area contributed by atoms with Crippen LogP contribution < -0.4 is 5.11 Å². The topological polar surface area (TPSA) is 80.6 Å². The number of likely N-dealkylation sites (N-methyl/N-ethyl adjacent to an activating group) is 1. The van der Waals surface area contributed by atoms with Crippen molar-refractivity contribution in [2.24, 2.45) is 0 Å². The van der Waals surface area contributed by atoms with Crippen LogP contribution in [0.3, 0.4) is 0 Å². The van der Waals surface area contributed by atoms with Crippen LogP contribution >= 0.6 is 0 Å². The molecule has 0 atom stereocenters. The van der Waals surface area contributed by atoms with E-state index < -0.39 is 18.2 Å². The van der Waals surface area contributed by atoms with Gasteiger partial charge in [0.15, 0.2) is 0 Å². The zero-order chi connectivity index (χ0) is 9.99. The van der Waals surface area contributed by atoms with Crippen LogP contribution in [0.4, 0.5) is 0 Å². The van der Waals surface area contributed by atoms with E-state index >= 15 is 0 Å². The maximum atomic E-state index is 10.1. The zero-order valence-corrected chi connectivity index (χ0v) is 7.57. The van der Waals surface area contributed by atoms with Crippen LogP contribution in [0, 0.1) is 0 Å². The fourth-order valence-electron chi connectivity index (χ4n) is 1.05. The highest BCUT2D eigenvalue weighted by atomic mass is 16.5. The Morgan fingerprint density at radius 3 is 2.08 bits per heavy atom. The summed E-state index contributed by atoms with van der Waals surface area (Å²) in [7, 11) is 5.20. The van der Waals surface area contributed by atoms with Crippen molar-refractivity contribution in [2.45, 2.75) is 12.2 Å². The molecule has 0 saturated carbocycles. The van der Waals surface area contributed by atoms with Crippen LogP contribution in [0.25, 0.3) is 0 Å². The maximum absolute atomic E-state index is 10.1. The molecular formula is C7H15NO4. The molecule has 2 N–H and O–H groups in total. The molecule has 0 amide bonds. The largest absolute Gasteiger partial charge is 0.550 e.